The minimum atomic E-state index is -0.983. The zero-order valence-corrected chi connectivity index (χ0v) is 17.1. The molecule has 30 heavy (non-hydrogen) atoms. The first-order valence-corrected chi connectivity index (χ1v) is 10.2. The van der Waals surface area contributed by atoms with Gasteiger partial charge in [-0.3, -0.25) is 14.2 Å². The highest BCUT2D eigenvalue weighted by molar-refractivity contribution is 6.31. The molecule has 0 spiro atoms. The minimum Gasteiger partial charge on any atom is -0.505 e. The Balaban J connectivity index is 2.00. The molecule has 1 heterocycles. The molecule has 0 radical (unpaired) electrons. The predicted octanol–water partition coefficient (Wildman–Crippen LogP) is 5.49. The van der Waals surface area contributed by atoms with Crippen molar-refractivity contribution in [2.24, 2.45) is 5.92 Å². The largest absolute Gasteiger partial charge is 0.505 e. The fraction of sp³-hybridized carbons (Fsp3) is 0.304. The molecular weight excluding hydrogens is 409 g/mol. The maximum Gasteiger partial charge on any atom is 0.311 e. The summed E-state index contributed by atoms with van der Waals surface area (Å²) in [6, 6.07) is 8.70. The Hall–Kier alpha value is -2.86. The second-order valence-electron chi connectivity index (χ2n) is 7.83. The minimum absolute atomic E-state index is 0.0753. The van der Waals surface area contributed by atoms with Gasteiger partial charge < -0.3 is 10.2 Å². The zero-order valence-electron chi connectivity index (χ0n) is 16.4. The molecule has 1 aliphatic carbocycles. The molecule has 0 amide bonds. The summed E-state index contributed by atoms with van der Waals surface area (Å²) in [6.45, 7) is 1.66. The Morgan fingerprint density at radius 3 is 2.53 bits per heavy atom. The van der Waals surface area contributed by atoms with Gasteiger partial charge in [0.2, 0.25) is 0 Å². The van der Waals surface area contributed by atoms with Gasteiger partial charge in [-0.05, 0) is 55.5 Å². The van der Waals surface area contributed by atoms with Gasteiger partial charge in [0.05, 0.1) is 11.4 Å². The van der Waals surface area contributed by atoms with Crippen LogP contribution < -0.4 is 0 Å². The van der Waals surface area contributed by atoms with E-state index in [9.17, 15) is 24.2 Å². The Kier molecular flexibility index (Phi) is 5.28. The van der Waals surface area contributed by atoms with Crippen molar-refractivity contribution in [2.75, 3.05) is 0 Å². The topological polar surface area (TPSA) is 79.5 Å². The van der Waals surface area contributed by atoms with E-state index < -0.39 is 29.4 Å². The molecule has 1 saturated carbocycles. The number of halogens is 2. The number of nitrogens with zero attached hydrogens (tertiary/aromatic N) is 1. The van der Waals surface area contributed by atoms with Crippen molar-refractivity contribution in [3.05, 3.63) is 64.1 Å². The maximum absolute atomic E-state index is 14.2. The lowest BCUT2D eigenvalue weighted by Crippen LogP contribution is -2.21. The standard InChI is InChI=1S/C23H21ClFNO4/c1-12-20(21(23(29)30)13-5-2-3-6-13)16-10-19(27)17(25)11-18(16)26(12)22(28)14-7-4-8-15(24)9-14/h4,7-11,13,21,27H,2-3,5-6H2,1H3,(H,29,30). The van der Waals surface area contributed by atoms with E-state index in [2.05, 4.69) is 0 Å². The van der Waals surface area contributed by atoms with Crippen LogP contribution in [-0.4, -0.2) is 26.7 Å². The monoisotopic (exact) mass is 429 g/mol. The second kappa shape index (κ2) is 7.76. The lowest BCUT2D eigenvalue weighted by atomic mass is 9.83. The summed E-state index contributed by atoms with van der Waals surface area (Å²) in [5.74, 6) is -3.79. The summed E-state index contributed by atoms with van der Waals surface area (Å²) in [5.41, 5.74) is 1.41. The molecule has 1 atom stereocenters. The van der Waals surface area contributed by atoms with Crippen molar-refractivity contribution in [3.63, 3.8) is 0 Å². The molecule has 0 saturated heterocycles. The summed E-state index contributed by atoms with van der Waals surface area (Å²) in [7, 11) is 0. The number of carbonyl (C=O) groups excluding carboxylic acids is 1. The third-order valence-corrected chi connectivity index (χ3v) is 6.28. The number of aromatic nitrogens is 1. The quantitative estimate of drug-likeness (QED) is 0.574. The summed E-state index contributed by atoms with van der Waals surface area (Å²) >= 11 is 6.03. The van der Waals surface area contributed by atoms with Gasteiger partial charge in [-0.25, -0.2) is 4.39 Å². The van der Waals surface area contributed by atoms with Crippen molar-refractivity contribution in [3.8, 4) is 5.75 Å². The molecule has 4 rings (SSSR count). The molecule has 1 aliphatic rings. The van der Waals surface area contributed by atoms with Crippen LogP contribution in [0.2, 0.25) is 5.02 Å². The number of carboxylic acids is 1. The molecule has 1 fully saturated rings. The van der Waals surface area contributed by atoms with Crippen LogP contribution in [0.15, 0.2) is 36.4 Å². The smallest absolute Gasteiger partial charge is 0.311 e. The molecular formula is C23H21ClFNO4. The van der Waals surface area contributed by atoms with Crippen LogP contribution in [0, 0.1) is 18.7 Å². The first-order chi connectivity index (χ1) is 14.3. The first kappa shape index (κ1) is 20.4. The van der Waals surface area contributed by atoms with Crippen LogP contribution >= 0.6 is 11.6 Å². The van der Waals surface area contributed by atoms with Crippen molar-refractivity contribution in [2.45, 2.75) is 38.5 Å². The lowest BCUT2D eigenvalue weighted by Gasteiger charge is -2.20. The van der Waals surface area contributed by atoms with Crippen molar-refractivity contribution in [1.29, 1.82) is 0 Å². The van der Waals surface area contributed by atoms with Crippen molar-refractivity contribution >= 4 is 34.4 Å². The molecule has 156 valence electrons. The van der Waals surface area contributed by atoms with E-state index in [1.807, 2.05) is 0 Å². The Bertz CT molecular complexity index is 1160. The highest BCUT2D eigenvalue weighted by Gasteiger charge is 2.37. The molecule has 2 N–H and O–H groups in total. The number of hydrogen-bond acceptors (Lipinski definition) is 3. The molecule has 1 aromatic heterocycles. The van der Waals surface area contributed by atoms with Gasteiger partial charge in [0.15, 0.2) is 11.6 Å². The van der Waals surface area contributed by atoms with Crippen LogP contribution in [0.5, 0.6) is 5.75 Å². The Morgan fingerprint density at radius 1 is 1.20 bits per heavy atom. The molecule has 1 unspecified atom stereocenters. The van der Waals surface area contributed by atoms with Crippen LogP contribution in [0.25, 0.3) is 10.9 Å². The number of aliphatic carboxylic acids is 1. The van der Waals surface area contributed by atoms with Crippen LogP contribution in [0.3, 0.4) is 0 Å². The fourth-order valence-electron chi connectivity index (χ4n) is 4.70. The van der Waals surface area contributed by atoms with E-state index >= 15 is 0 Å². The van der Waals surface area contributed by atoms with Crippen LogP contribution in [-0.2, 0) is 4.79 Å². The summed E-state index contributed by atoms with van der Waals surface area (Å²) in [5, 5.41) is 20.8. The number of hydrogen-bond donors (Lipinski definition) is 2. The number of rotatable bonds is 4. The second-order valence-corrected chi connectivity index (χ2v) is 8.27. The summed E-state index contributed by atoms with van der Waals surface area (Å²) in [6.07, 6.45) is 3.46. The number of phenols is 1. The Morgan fingerprint density at radius 2 is 1.90 bits per heavy atom. The molecule has 7 heteroatoms. The number of carbonyl (C=O) groups is 2. The maximum atomic E-state index is 14.2. The van der Waals surface area contributed by atoms with E-state index in [4.69, 9.17) is 11.6 Å². The molecule has 2 aromatic carbocycles. The highest BCUT2D eigenvalue weighted by Crippen LogP contribution is 2.43. The van der Waals surface area contributed by atoms with E-state index in [1.54, 1.807) is 25.1 Å². The van der Waals surface area contributed by atoms with Crippen molar-refractivity contribution in [1.82, 2.24) is 4.57 Å². The van der Waals surface area contributed by atoms with Gasteiger partial charge in [-0.2, -0.15) is 0 Å². The third kappa shape index (κ3) is 3.35. The molecule has 5 nitrogen and oxygen atoms in total. The van der Waals surface area contributed by atoms with E-state index in [1.165, 1.54) is 16.7 Å². The lowest BCUT2D eigenvalue weighted by molar-refractivity contribution is -0.140. The van der Waals surface area contributed by atoms with E-state index in [0.717, 1.165) is 31.7 Å². The molecule has 0 aliphatic heterocycles. The van der Waals surface area contributed by atoms with Crippen LogP contribution in [0.4, 0.5) is 4.39 Å². The van der Waals surface area contributed by atoms with Gasteiger partial charge in [-0.15, -0.1) is 0 Å². The number of benzene rings is 2. The average molecular weight is 430 g/mol. The summed E-state index contributed by atoms with van der Waals surface area (Å²) < 4.78 is 15.6. The highest BCUT2D eigenvalue weighted by atomic mass is 35.5. The van der Waals surface area contributed by atoms with Gasteiger partial charge >= 0.3 is 5.97 Å². The van der Waals surface area contributed by atoms with Crippen molar-refractivity contribution < 1.29 is 24.2 Å². The fourth-order valence-corrected chi connectivity index (χ4v) is 4.89. The van der Waals surface area contributed by atoms with E-state index in [-0.39, 0.29) is 11.4 Å². The predicted molar refractivity (Wildman–Crippen MR) is 112 cm³/mol. The van der Waals surface area contributed by atoms with Crippen LogP contribution in [0.1, 0.15) is 53.2 Å². The molecule has 3 aromatic rings. The SMILES string of the molecule is Cc1c(C(C(=O)O)C2CCCC2)c2cc(O)c(F)cc2n1C(=O)c1cccc(Cl)c1. The van der Waals surface area contributed by atoms with Gasteiger partial charge in [0.1, 0.15) is 0 Å². The van der Waals surface area contributed by atoms with Gasteiger partial charge in [-0.1, -0.05) is 30.5 Å². The average Bonchev–Trinajstić information content (AvgIpc) is 3.30. The number of carboxylic acid groups (broad SMARTS) is 1. The number of fused-ring (bicyclic) bond motifs is 1. The first-order valence-electron chi connectivity index (χ1n) is 9.86. The molecule has 0 bridgehead atoms. The van der Waals surface area contributed by atoms with Gasteiger partial charge in [0, 0.05) is 27.7 Å². The number of phenolic OH excluding ortho intramolecular Hbond substituents is 1. The summed E-state index contributed by atoms with van der Waals surface area (Å²) in [4.78, 5) is 25.6. The van der Waals surface area contributed by atoms with Gasteiger partial charge in [0.25, 0.3) is 5.91 Å². The third-order valence-electron chi connectivity index (χ3n) is 6.04. The zero-order chi connectivity index (χ0) is 21.6. The number of aromatic hydroxyl groups is 1. The Labute approximate surface area is 177 Å². The van der Waals surface area contributed by atoms with E-state index in [0.29, 0.717) is 27.2 Å². The normalized spacial score (nSPS) is 15.6.